The lowest BCUT2D eigenvalue weighted by Gasteiger charge is -2.34. The molecule has 1 aromatic heterocycles. The van der Waals surface area contributed by atoms with E-state index in [0.29, 0.717) is 0 Å². The van der Waals surface area contributed by atoms with Gasteiger partial charge in [-0.05, 0) is 11.1 Å². The second-order valence-electron chi connectivity index (χ2n) is 10.7. The van der Waals surface area contributed by atoms with Crippen LogP contribution < -0.4 is 11.2 Å². The number of hydrogen-bond donors (Lipinski definition) is 2. The Balaban J connectivity index is 1.79. The topological polar surface area (TPSA) is 103 Å². The van der Waals surface area contributed by atoms with E-state index in [0.717, 1.165) is 21.8 Å². The molecule has 0 amide bonds. The number of aromatic nitrogens is 2. The Morgan fingerprint density at radius 1 is 1.03 bits per heavy atom. The van der Waals surface area contributed by atoms with Crippen LogP contribution in [0, 0.1) is 11.5 Å². The predicted molar refractivity (Wildman–Crippen MR) is 147 cm³/mol. The van der Waals surface area contributed by atoms with Gasteiger partial charge < -0.3 is 19.3 Å². The van der Waals surface area contributed by atoms with Crippen molar-refractivity contribution in [2.24, 2.45) is 0 Å². The zero-order valence-corrected chi connectivity index (χ0v) is 23.2. The van der Waals surface area contributed by atoms with Crippen LogP contribution in [-0.4, -0.2) is 53.3 Å². The Hall–Kier alpha value is -3.33. The van der Waals surface area contributed by atoms with E-state index >= 15 is 4.39 Å². The molecule has 0 radical (unpaired) electrons. The monoisotopic (exact) mass is 552 g/mol. The average Bonchev–Trinajstić information content (AvgIpc) is 3.15. The number of benzene rings is 2. The Kier molecular flexibility index (Phi) is 8.69. The molecule has 0 saturated carbocycles. The standard InChI is InChI=1S/C29H33FN2O6Si/c1-39(2,3)17-15-29(35)25(37-19-23-12-8-5-9-13-23)28(20-30,21-36-18-22-10-6-4-7-11-22)38-26(29)32-16-14-24(33)31-27(32)34/h4-14,16,25-26,35H,18-21H2,1-3H3,(H,31,33,34)/t25-,26-,28?,29+/m1/s1. The zero-order chi connectivity index (χ0) is 28.1. The maximum absolute atomic E-state index is 15.1. The first-order valence-corrected chi connectivity index (χ1v) is 16.2. The molecule has 10 heteroatoms. The number of aliphatic hydroxyl groups is 1. The summed E-state index contributed by atoms with van der Waals surface area (Å²) < 4.78 is 34.5. The zero-order valence-electron chi connectivity index (χ0n) is 22.2. The summed E-state index contributed by atoms with van der Waals surface area (Å²) in [5.41, 5.74) is -0.621. The second-order valence-corrected chi connectivity index (χ2v) is 15.4. The maximum atomic E-state index is 15.1. The van der Waals surface area contributed by atoms with E-state index in [-0.39, 0.29) is 19.8 Å². The van der Waals surface area contributed by atoms with Crippen molar-refractivity contribution in [3.63, 3.8) is 0 Å². The van der Waals surface area contributed by atoms with E-state index in [2.05, 4.69) is 16.4 Å². The highest BCUT2D eigenvalue weighted by Crippen LogP contribution is 2.46. The summed E-state index contributed by atoms with van der Waals surface area (Å²) in [4.78, 5) is 26.7. The van der Waals surface area contributed by atoms with Gasteiger partial charge in [0.15, 0.2) is 17.4 Å². The Morgan fingerprint density at radius 2 is 1.64 bits per heavy atom. The average molecular weight is 553 g/mol. The van der Waals surface area contributed by atoms with Crippen LogP contribution in [0.4, 0.5) is 4.39 Å². The molecule has 0 bridgehead atoms. The summed E-state index contributed by atoms with van der Waals surface area (Å²) in [6, 6.07) is 19.7. The minimum Gasteiger partial charge on any atom is -0.374 e. The van der Waals surface area contributed by atoms with E-state index < -0.39 is 49.5 Å². The van der Waals surface area contributed by atoms with E-state index in [4.69, 9.17) is 14.2 Å². The molecule has 4 rings (SSSR count). The number of nitrogens with one attached hydrogen (secondary N) is 1. The molecule has 39 heavy (non-hydrogen) atoms. The lowest BCUT2D eigenvalue weighted by Crippen LogP contribution is -2.55. The number of hydrogen-bond acceptors (Lipinski definition) is 6. The van der Waals surface area contributed by atoms with Crippen molar-refractivity contribution in [1.29, 1.82) is 0 Å². The molecule has 3 aromatic rings. The van der Waals surface area contributed by atoms with Gasteiger partial charge in [-0.25, -0.2) is 9.18 Å². The highest BCUT2D eigenvalue weighted by atomic mass is 28.3. The van der Waals surface area contributed by atoms with Gasteiger partial charge in [0, 0.05) is 12.3 Å². The molecule has 0 aliphatic carbocycles. The van der Waals surface area contributed by atoms with Gasteiger partial charge in [-0.2, -0.15) is 0 Å². The van der Waals surface area contributed by atoms with Crippen LogP contribution in [0.3, 0.4) is 0 Å². The molecule has 1 aliphatic rings. The Bertz CT molecular complexity index is 1430. The highest BCUT2D eigenvalue weighted by Gasteiger charge is 2.65. The first-order valence-electron chi connectivity index (χ1n) is 12.7. The van der Waals surface area contributed by atoms with E-state index in [1.54, 1.807) is 0 Å². The summed E-state index contributed by atoms with van der Waals surface area (Å²) in [6.07, 6.45) is -1.64. The number of ether oxygens (including phenoxy) is 3. The SMILES string of the molecule is C[Si](C)(C)C#C[C@]1(O)[C@H](OCc2ccccc2)C(CF)(COCc2ccccc2)O[C@H]1n1ccc(=O)[nH]c1=O. The molecule has 2 aromatic carbocycles. The fraction of sp³-hybridized carbons (Fsp3) is 0.379. The molecule has 4 atom stereocenters. The first kappa shape index (κ1) is 28.7. The number of rotatable bonds is 9. The van der Waals surface area contributed by atoms with Crippen molar-refractivity contribution in [2.45, 2.75) is 56.4 Å². The predicted octanol–water partition coefficient (Wildman–Crippen LogP) is 3.19. The van der Waals surface area contributed by atoms with Gasteiger partial charge >= 0.3 is 5.69 Å². The quantitative estimate of drug-likeness (QED) is 0.312. The van der Waals surface area contributed by atoms with Gasteiger partial charge in [-0.3, -0.25) is 14.3 Å². The molecule has 2 heterocycles. The number of nitrogens with zero attached hydrogens (tertiary/aromatic N) is 1. The van der Waals surface area contributed by atoms with Crippen LogP contribution >= 0.6 is 0 Å². The van der Waals surface area contributed by atoms with Gasteiger partial charge in [0.25, 0.3) is 5.56 Å². The van der Waals surface area contributed by atoms with Crippen molar-refractivity contribution >= 4 is 8.07 Å². The molecule has 1 fully saturated rings. The first-order chi connectivity index (χ1) is 18.6. The van der Waals surface area contributed by atoms with Crippen molar-refractivity contribution < 1.29 is 23.7 Å². The normalized spacial score (nSPS) is 24.7. The number of alkyl halides is 1. The van der Waals surface area contributed by atoms with Crippen molar-refractivity contribution in [2.75, 3.05) is 13.3 Å². The largest absolute Gasteiger partial charge is 0.374 e. The van der Waals surface area contributed by atoms with Gasteiger partial charge in [-0.15, -0.1) is 5.54 Å². The Morgan fingerprint density at radius 3 is 2.21 bits per heavy atom. The van der Waals surface area contributed by atoms with Crippen molar-refractivity contribution in [3.8, 4) is 11.5 Å². The van der Waals surface area contributed by atoms with Crippen LogP contribution in [0.2, 0.25) is 19.6 Å². The van der Waals surface area contributed by atoms with Gasteiger partial charge in [0.2, 0.25) is 0 Å². The van der Waals surface area contributed by atoms with Gasteiger partial charge in [0.05, 0.1) is 19.8 Å². The summed E-state index contributed by atoms with van der Waals surface area (Å²) in [6.45, 7) is 4.79. The molecule has 1 saturated heterocycles. The molecule has 8 nitrogen and oxygen atoms in total. The van der Waals surface area contributed by atoms with Crippen molar-refractivity contribution in [3.05, 3.63) is 105 Å². The molecule has 1 aliphatic heterocycles. The third-order valence-electron chi connectivity index (χ3n) is 6.29. The summed E-state index contributed by atoms with van der Waals surface area (Å²) in [5, 5.41) is 12.2. The molecule has 1 unspecified atom stereocenters. The van der Waals surface area contributed by atoms with E-state index in [9.17, 15) is 14.7 Å². The second kappa shape index (κ2) is 11.8. The fourth-order valence-electron chi connectivity index (χ4n) is 4.40. The lowest BCUT2D eigenvalue weighted by atomic mass is 9.87. The summed E-state index contributed by atoms with van der Waals surface area (Å²) in [7, 11) is -2.07. The third kappa shape index (κ3) is 6.64. The van der Waals surface area contributed by atoms with Crippen LogP contribution in [0.25, 0.3) is 0 Å². The van der Waals surface area contributed by atoms with Crippen LogP contribution in [-0.2, 0) is 27.4 Å². The van der Waals surface area contributed by atoms with Crippen LogP contribution in [0.15, 0.2) is 82.5 Å². The molecule has 0 spiro atoms. The molecule has 206 valence electrons. The van der Waals surface area contributed by atoms with Crippen molar-refractivity contribution in [1.82, 2.24) is 9.55 Å². The summed E-state index contributed by atoms with van der Waals surface area (Å²) in [5.74, 6) is 2.92. The molecule has 2 N–H and O–H groups in total. The summed E-state index contributed by atoms with van der Waals surface area (Å²) >= 11 is 0. The lowest BCUT2D eigenvalue weighted by molar-refractivity contribution is -0.165. The fourth-order valence-corrected chi connectivity index (χ4v) is 4.97. The number of aromatic amines is 1. The molecular formula is C29H33FN2O6Si. The highest BCUT2D eigenvalue weighted by molar-refractivity contribution is 6.83. The van der Waals surface area contributed by atoms with Gasteiger partial charge in [-0.1, -0.05) is 86.2 Å². The Labute approximate surface area is 227 Å². The van der Waals surface area contributed by atoms with Crippen LogP contribution in [0.1, 0.15) is 17.4 Å². The van der Waals surface area contributed by atoms with E-state index in [1.807, 2.05) is 80.3 Å². The van der Waals surface area contributed by atoms with Gasteiger partial charge in [0.1, 0.15) is 20.9 Å². The third-order valence-corrected chi connectivity index (χ3v) is 7.16. The van der Waals surface area contributed by atoms with E-state index in [1.165, 1.54) is 6.20 Å². The minimum absolute atomic E-state index is 0.0273. The van der Waals surface area contributed by atoms with Crippen LogP contribution in [0.5, 0.6) is 0 Å². The molecular weight excluding hydrogens is 519 g/mol. The maximum Gasteiger partial charge on any atom is 0.330 e. The number of H-pyrrole nitrogens is 1. The number of halogens is 1. The smallest absolute Gasteiger partial charge is 0.330 e. The minimum atomic E-state index is -2.15.